The van der Waals surface area contributed by atoms with E-state index in [-0.39, 0.29) is 35.5 Å². The number of furan rings is 1. The highest BCUT2D eigenvalue weighted by atomic mass is 16.5. The lowest BCUT2D eigenvalue weighted by Gasteiger charge is -2.15. The molecule has 0 aliphatic heterocycles. The molecule has 3 rings (SSSR count). The number of benzene rings is 1. The topological polar surface area (TPSA) is 111 Å². The summed E-state index contributed by atoms with van der Waals surface area (Å²) in [5.41, 5.74) is 1.06. The second-order valence-electron chi connectivity index (χ2n) is 6.98. The fourth-order valence-electron chi connectivity index (χ4n) is 3.49. The highest BCUT2D eigenvalue weighted by Crippen LogP contribution is 2.18. The number of aromatic nitrogens is 2. The van der Waals surface area contributed by atoms with E-state index in [1.165, 1.54) is 19.4 Å². The molecule has 1 aromatic carbocycles. The lowest BCUT2D eigenvalue weighted by Crippen LogP contribution is -2.37. The molecule has 3 aromatic rings. The number of rotatable bonds is 6. The zero-order valence-corrected chi connectivity index (χ0v) is 17.2. The molecule has 0 amide bonds. The Morgan fingerprint density at radius 2 is 1.80 bits per heavy atom. The van der Waals surface area contributed by atoms with E-state index in [4.69, 9.17) is 9.15 Å². The molecule has 0 saturated heterocycles. The van der Waals surface area contributed by atoms with Crippen LogP contribution in [0.15, 0.2) is 44.5 Å². The third-order valence-corrected chi connectivity index (χ3v) is 4.80. The first-order valence-electron chi connectivity index (χ1n) is 9.40. The third kappa shape index (κ3) is 3.89. The van der Waals surface area contributed by atoms with Crippen LogP contribution in [0.25, 0.3) is 0 Å². The minimum absolute atomic E-state index is 0.0246. The molecule has 1 N–H and O–H groups in total. The van der Waals surface area contributed by atoms with Gasteiger partial charge in [0.25, 0.3) is 5.56 Å². The number of esters is 1. The summed E-state index contributed by atoms with van der Waals surface area (Å²) in [5.74, 6) is -0.935. The molecule has 0 spiro atoms. The Morgan fingerprint density at radius 1 is 1.13 bits per heavy atom. The predicted molar refractivity (Wildman–Crippen MR) is 109 cm³/mol. The van der Waals surface area contributed by atoms with Crippen molar-refractivity contribution in [3.63, 3.8) is 0 Å². The van der Waals surface area contributed by atoms with Crippen molar-refractivity contribution < 1.29 is 18.7 Å². The Hall–Kier alpha value is -3.68. The van der Waals surface area contributed by atoms with Crippen molar-refractivity contribution in [3.8, 4) is 0 Å². The summed E-state index contributed by atoms with van der Waals surface area (Å²) in [6.07, 6.45) is 1.54. The lowest BCUT2D eigenvalue weighted by molar-refractivity contribution is 0.0598. The van der Waals surface area contributed by atoms with E-state index in [0.29, 0.717) is 5.56 Å². The average Bonchev–Trinajstić information content (AvgIpc) is 3.16. The molecule has 0 aliphatic rings. The van der Waals surface area contributed by atoms with Gasteiger partial charge in [-0.25, -0.2) is 9.59 Å². The van der Waals surface area contributed by atoms with Gasteiger partial charge in [-0.15, -0.1) is 0 Å². The van der Waals surface area contributed by atoms with E-state index in [2.05, 4.69) is 4.98 Å². The normalized spacial score (nSPS) is 10.8. The number of nitrogens with one attached hydrogen (secondary N) is 1. The number of ether oxygens (including phenoxy) is 1. The van der Waals surface area contributed by atoms with Crippen molar-refractivity contribution in [2.75, 3.05) is 7.11 Å². The molecule has 0 aliphatic carbocycles. The molecular formula is C22H22N2O6. The monoisotopic (exact) mass is 410 g/mol. The van der Waals surface area contributed by atoms with E-state index in [0.717, 1.165) is 15.7 Å². The predicted octanol–water partition coefficient (Wildman–Crippen LogP) is 2.37. The quantitative estimate of drug-likeness (QED) is 0.493. The fourth-order valence-corrected chi connectivity index (χ4v) is 3.49. The average molecular weight is 410 g/mol. The maximum absolute atomic E-state index is 13.4. The van der Waals surface area contributed by atoms with Crippen LogP contribution in [0.2, 0.25) is 0 Å². The van der Waals surface area contributed by atoms with Gasteiger partial charge in [-0.1, -0.05) is 24.1 Å². The van der Waals surface area contributed by atoms with E-state index in [1.54, 1.807) is 19.1 Å². The maximum Gasteiger partial charge on any atom is 0.341 e. The van der Waals surface area contributed by atoms with Crippen LogP contribution in [-0.4, -0.2) is 28.4 Å². The third-order valence-electron chi connectivity index (χ3n) is 4.80. The largest absolute Gasteiger partial charge is 0.467 e. The zero-order chi connectivity index (χ0) is 22.0. The molecule has 0 radical (unpaired) electrons. The van der Waals surface area contributed by atoms with Gasteiger partial charge in [0.2, 0.25) is 5.78 Å². The summed E-state index contributed by atoms with van der Waals surface area (Å²) in [4.78, 5) is 52.7. The second kappa shape index (κ2) is 8.36. The van der Waals surface area contributed by atoms with E-state index in [1.807, 2.05) is 19.9 Å². The number of aryl methyl sites for hydroxylation is 2. The summed E-state index contributed by atoms with van der Waals surface area (Å²) in [6.45, 7) is 5.23. The number of methoxy groups -OCH3 is 1. The van der Waals surface area contributed by atoms with Gasteiger partial charge in [-0.3, -0.25) is 19.1 Å². The first-order chi connectivity index (χ1) is 14.3. The maximum atomic E-state index is 13.4. The summed E-state index contributed by atoms with van der Waals surface area (Å²) < 4.78 is 11.2. The van der Waals surface area contributed by atoms with Crippen molar-refractivity contribution in [1.29, 1.82) is 0 Å². The van der Waals surface area contributed by atoms with Crippen LogP contribution in [-0.2, 0) is 17.7 Å². The first-order valence-corrected chi connectivity index (χ1v) is 9.40. The number of aromatic amines is 1. The van der Waals surface area contributed by atoms with Gasteiger partial charge in [0.05, 0.1) is 19.9 Å². The van der Waals surface area contributed by atoms with Gasteiger partial charge in [-0.05, 0) is 38.5 Å². The second-order valence-corrected chi connectivity index (χ2v) is 6.98. The summed E-state index contributed by atoms with van der Waals surface area (Å²) in [5, 5.41) is 0. The SMILES string of the molecule is CCc1c(C(=O)c2cc(C)cc(C)c2)n(Cc2occc2C(=O)OC)c(=O)[nH]c1=O. The number of H-pyrrole nitrogens is 1. The first kappa shape index (κ1) is 21.0. The smallest absolute Gasteiger partial charge is 0.341 e. The van der Waals surface area contributed by atoms with Crippen molar-refractivity contribution in [3.05, 3.63) is 90.6 Å². The molecule has 8 heteroatoms. The van der Waals surface area contributed by atoms with Gasteiger partial charge < -0.3 is 9.15 Å². The van der Waals surface area contributed by atoms with Gasteiger partial charge in [0.15, 0.2) is 0 Å². The molecule has 0 atom stereocenters. The summed E-state index contributed by atoms with van der Waals surface area (Å²) in [7, 11) is 1.23. The van der Waals surface area contributed by atoms with Gasteiger partial charge >= 0.3 is 11.7 Å². The Kier molecular flexibility index (Phi) is 5.86. The molecule has 0 fully saturated rings. The van der Waals surface area contributed by atoms with Crippen molar-refractivity contribution in [1.82, 2.24) is 9.55 Å². The Bertz CT molecular complexity index is 1220. The molecule has 0 unspecified atom stereocenters. The van der Waals surface area contributed by atoms with Gasteiger partial charge in [0.1, 0.15) is 17.0 Å². The molecule has 0 saturated carbocycles. The highest BCUT2D eigenvalue weighted by Gasteiger charge is 2.24. The van der Waals surface area contributed by atoms with Gasteiger partial charge in [0, 0.05) is 11.1 Å². The van der Waals surface area contributed by atoms with Gasteiger partial charge in [-0.2, -0.15) is 0 Å². The van der Waals surface area contributed by atoms with Crippen molar-refractivity contribution >= 4 is 11.8 Å². The Balaban J connectivity index is 2.23. The van der Waals surface area contributed by atoms with E-state index in [9.17, 15) is 19.2 Å². The van der Waals surface area contributed by atoms with E-state index < -0.39 is 23.0 Å². The number of ketones is 1. The van der Waals surface area contributed by atoms with Crippen LogP contribution in [0.5, 0.6) is 0 Å². The van der Waals surface area contributed by atoms with E-state index >= 15 is 0 Å². The number of carbonyl (C=O) groups excluding carboxylic acids is 2. The Labute approximate surface area is 172 Å². The highest BCUT2D eigenvalue weighted by molar-refractivity contribution is 6.09. The zero-order valence-electron chi connectivity index (χ0n) is 17.2. The molecular weight excluding hydrogens is 388 g/mol. The fraction of sp³-hybridized carbons (Fsp3) is 0.273. The summed E-state index contributed by atoms with van der Waals surface area (Å²) >= 11 is 0. The van der Waals surface area contributed by atoms with Crippen LogP contribution in [0.4, 0.5) is 0 Å². The van der Waals surface area contributed by atoms with Crippen LogP contribution in [0, 0.1) is 13.8 Å². The molecule has 30 heavy (non-hydrogen) atoms. The van der Waals surface area contributed by atoms with Crippen LogP contribution in [0.3, 0.4) is 0 Å². The summed E-state index contributed by atoms with van der Waals surface area (Å²) in [6, 6.07) is 6.76. The Morgan fingerprint density at radius 3 is 2.40 bits per heavy atom. The van der Waals surface area contributed by atoms with Crippen LogP contribution in [0.1, 0.15) is 55.8 Å². The standard InChI is InChI=1S/C22H22N2O6/c1-5-15-18(19(25)14-9-12(2)8-13(3)10-14)24(22(28)23-20(15)26)11-17-16(6-7-30-17)21(27)29-4/h6-10H,5,11H2,1-4H3,(H,23,26,28). The molecule has 8 nitrogen and oxygen atoms in total. The number of hydrogen-bond acceptors (Lipinski definition) is 6. The van der Waals surface area contributed by atoms with Crippen LogP contribution < -0.4 is 11.2 Å². The number of nitrogens with zero attached hydrogens (tertiary/aromatic N) is 1. The number of carbonyl (C=O) groups is 2. The molecule has 0 bridgehead atoms. The van der Waals surface area contributed by atoms with Crippen molar-refractivity contribution in [2.45, 2.75) is 33.7 Å². The molecule has 2 heterocycles. The van der Waals surface area contributed by atoms with Crippen molar-refractivity contribution in [2.24, 2.45) is 0 Å². The molecule has 2 aromatic heterocycles. The molecule has 156 valence electrons. The number of hydrogen-bond donors (Lipinski definition) is 1. The minimum atomic E-state index is -0.767. The van der Waals surface area contributed by atoms with Crippen LogP contribution >= 0.6 is 0 Å². The minimum Gasteiger partial charge on any atom is -0.467 e. The lowest BCUT2D eigenvalue weighted by atomic mass is 9.99.